The molecule has 0 fully saturated rings. The highest BCUT2D eigenvalue weighted by Crippen LogP contribution is 2.54. The van der Waals surface area contributed by atoms with Crippen LogP contribution < -0.4 is 10.1 Å². The average Bonchev–Trinajstić information content (AvgIpc) is 2.84. The zero-order chi connectivity index (χ0) is 31.8. The lowest BCUT2D eigenvalue weighted by molar-refractivity contribution is -0.348. The topological polar surface area (TPSA) is 55.4 Å². The van der Waals surface area contributed by atoms with Crippen molar-refractivity contribution in [2.45, 2.75) is 31.1 Å². The van der Waals surface area contributed by atoms with E-state index in [4.69, 9.17) is 11.6 Å². The van der Waals surface area contributed by atoms with Crippen LogP contribution in [0.4, 0.5) is 54.0 Å². The van der Waals surface area contributed by atoms with Gasteiger partial charge < -0.3 is 10.1 Å². The van der Waals surface area contributed by atoms with Gasteiger partial charge in [0.1, 0.15) is 11.6 Å². The third-order valence-electron chi connectivity index (χ3n) is 5.61. The summed E-state index contributed by atoms with van der Waals surface area (Å²) >= 11 is 8.34. The monoisotopic (exact) mass is 697 g/mol. The van der Waals surface area contributed by atoms with E-state index in [0.717, 1.165) is 36.4 Å². The van der Waals surface area contributed by atoms with Crippen molar-refractivity contribution in [1.29, 1.82) is 0 Å². The summed E-state index contributed by atoms with van der Waals surface area (Å²) in [6.07, 6.45) is -14.3. The molecule has 0 unspecified atom stereocenters. The molecule has 0 aliphatic heterocycles. The lowest BCUT2D eigenvalue weighted by atomic mass is 9.91. The molecule has 0 aliphatic carbocycles. The summed E-state index contributed by atoms with van der Waals surface area (Å²) in [5.74, 6) is -5.89. The number of ether oxygens (including phenoxy) is 1. The summed E-state index contributed by atoms with van der Waals surface area (Å²) in [5, 5.41) is 1.75. The molecule has 0 saturated heterocycles. The summed E-state index contributed by atoms with van der Waals surface area (Å²) in [6, 6.07) is 5.27. The molecule has 17 heteroatoms. The highest BCUT2D eigenvalue weighted by molar-refractivity contribution is 9.10. The van der Waals surface area contributed by atoms with Crippen LogP contribution in [0.25, 0.3) is 0 Å². The lowest BCUT2D eigenvalue weighted by Crippen LogP contribution is -2.50. The van der Waals surface area contributed by atoms with Crippen molar-refractivity contribution >= 4 is 44.9 Å². The van der Waals surface area contributed by atoms with Crippen LogP contribution >= 0.6 is 27.5 Å². The molecule has 0 radical (unpaired) electrons. The van der Waals surface area contributed by atoms with Crippen LogP contribution in [0.2, 0.25) is 5.02 Å². The van der Waals surface area contributed by atoms with Crippen LogP contribution in [0, 0.1) is 11.6 Å². The molecule has 226 valence electrons. The summed E-state index contributed by atoms with van der Waals surface area (Å²) in [4.78, 5) is 25.4. The molecule has 0 spiro atoms. The fourth-order valence-corrected chi connectivity index (χ4v) is 4.47. The zero-order valence-electron chi connectivity index (χ0n) is 20.0. The predicted octanol–water partition coefficient (Wildman–Crippen LogP) is 8.95. The number of Topliss-reactive ketones (excluding diaryl/α,β-unsaturated/α-hetero) is 1. The second-order valence-corrected chi connectivity index (χ2v) is 9.57. The number of hydrogen-bond acceptors (Lipinski definition) is 3. The quantitative estimate of drug-likeness (QED) is 0.189. The summed E-state index contributed by atoms with van der Waals surface area (Å²) in [6.45, 7) is -3.85. The van der Waals surface area contributed by atoms with Gasteiger partial charge in [0.05, 0.1) is 21.8 Å². The molecule has 3 rings (SSSR count). The first-order valence-electron chi connectivity index (χ1n) is 11.0. The maximum Gasteiger partial charge on any atom is 0.435 e. The van der Waals surface area contributed by atoms with Crippen LogP contribution in [0.3, 0.4) is 0 Å². The molecule has 0 saturated carbocycles. The maximum atomic E-state index is 15.2. The lowest BCUT2D eigenvalue weighted by Gasteiger charge is -2.31. The minimum absolute atomic E-state index is 0.0264. The number of amides is 1. The molecule has 0 atom stereocenters. The number of carbonyl (C=O) groups is 2. The standard InChI is InChI=1S/C25H12BrClF11NO3/c26-15-6-10(23(32,24(33,34)35)25(36,37)38)7-19(42-22(30)31)14(15)9-18(40)13-2-1-3-17(20(13)29)39-21(41)12-5-4-11(28)8-16(12)27/h1-8,22H,9H2,(H,39,41). The van der Waals surface area contributed by atoms with Gasteiger partial charge in [0.25, 0.3) is 5.91 Å². The van der Waals surface area contributed by atoms with E-state index >= 15 is 4.39 Å². The number of alkyl halides is 9. The van der Waals surface area contributed by atoms with Crippen LogP contribution in [0.15, 0.2) is 53.0 Å². The summed E-state index contributed by atoms with van der Waals surface area (Å²) in [7, 11) is 0. The normalized spacial score (nSPS) is 12.4. The summed E-state index contributed by atoms with van der Waals surface area (Å²) < 4.78 is 151. The van der Waals surface area contributed by atoms with Crippen LogP contribution in [-0.2, 0) is 12.1 Å². The molecular weight excluding hydrogens is 687 g/mol. The number of halogens is 13. The first-order valence-corrected chi connectivity index (χ1v) is 12.1. The highest BCUT2D eigenvalue weighted by Gasteiger charge is 2.73. The number of ketones is 1. The van der Waals surface area contributed by atoms with Gasteiger partial charge in [-0.3, -0.25) is 9.59 Å². The maximum absolute atomic E-state index is 15.2. The van der Waals surface area contributed by atoms with E-state index < -0.39 is 87.0 Å². The Morgan fingerprint density at radius 3 is 2.07 bits per heavy atom. The van der Waals surface area contributed by atoms with E-state index in [0.29, 0.717) is 0 Å². The van der Waals surface area contributed by atoms with Crippen molar-refractivity contribution in [3.05, 3.63) is 91.9 Å². The van der Waals surface area contributed by atoms with E-state index in [1.807, 2.05) is 0 Å². The molecule has 3 aromatic rings. The Bertz CT molecular complexity index is 1510. The van der Waals surface area contributed by atoms with Crippen molar-refractivity contribution < 1.29 is 62.6 Å². The predicted molar refractivity (Wildman–Crippen MR) is 129 cm³/mol. The van der Waals surface area contributed by atoms with Crippen LogP contribution in [0.5, 0.6) is 5.75 Å². The SMILES string of the molecule is O=C(Nc1cccc(C(=O)Cc2c(Br)cc(C(F)(C(F)(F)F)C(F)(F)F)cc2OC(F)F)c1F)c1ccc(F)cc1Cl. The molecule has 4 nitrogen and oxygen atoms in total. The van der Waals surface area contributed by atoms with E-state index in [1.54, 1.807) is 0 Å². The van der Waals surface area contributed by atoms with E-state index in [1.165, 1.54) is 0 Å². The van der Waals surface area contributed by atoms with Gasteiger partial charge in [-0.2, -0.15) is 35.1 Å². The molecule has 3 aromatic carbocycles. The number of anilines is 1. The van der Waals surface area contributed by atoms with Crippen molar-refractivity contribution in [3.63, 3.8) is 0 Å². The van der Waals surface area contributed by atoms with Gasteiger partial charge in [0, 0.05) is 22.0 Å². The molecule has 0 heterocycles. The number of hydrogen-bond donors (Lipinski definition) is 1. The van der Waals surface area contributed by atoms with Gasteiger partial charge in [-0.25, -0.2) is 13.2 Å². The molecular formula is C25H12BrClF11NO3. The molecule has 1 N–H and O–H groups in total. The highest BCUT2D eigenvalue weighted by atomic mass is 79.9. The Kier molecular flexibility index (Phi) is 9.51. The van der Waals surface area contributed by atoms with E-state index in [9.17, 15) is 53.5 Å². The molecule has 1 amide bonds. The van der Waals surface area contributed by atoms with Crippen LogP contribution in [-0.4, -0.2) is 30.7 Å². The summed E-state index contributed by atoms with van der Waals surface area (Å²) in [5.41, 5.74) is -10.7. The fourth-order valence-electron chi connectivity index (χ4n) is 3.63. The number of nitrogens with one attached hydrogen (secondary N) is 1. The Labute approximate surface area is 241 Å². The van der Waals surface area contributed by atoms with Crippen LogP contribution in [0.1, 0.15) is 31.8 Å². The van der Waals surface area contributed by atoms with Gasteiger partial charge >= 0.3 is 24.6 Å². The number of rotatable bonds is 8. The minimum atomic E-state index is -6.59. The largest absolute Gasteiger partial charge is 0.435 e. The van der Waals surface area contributed by atoms with Gasteiger partial charge in [-0.05, 0) is 42.5 Å². The van der Waals surface area contributed by atoms with Crippen molar-refractivity contribution in [3.8, 4) is 5.75 Å². The Balaban J connectivity index is 2.01. The van der Waals surface area contributed by atoms with Gasteiger partial charge in [-0.15, -0.1) is 0 Å². The number of carbonyl (C=O) groups excluding carboxylic acids is 2. The number of benzene rings is 3. The molecule has 0 bridgehead atoms. The van der Waals surface area contributed by atoms with Crippen molar-refractivity contribution in [1.82, 2.24) is 0 Å². The third kappa shape index (κ3) is 6.64. The van der Waals surface area contributed by atoms with E-state index in [-0.39, 0.29) is 22.7 Å². The zero-order valence-corrected chi connectivity index (χ0v) is 22.4. The smallest absolute Gasteiger partial charge is 0.434 e. The molecule has 0 aromatic heterocycles. The fraction of sp³-hybridized carbons (Fsp3) is 0.200. The Morgan fingerprint density at radius 1 is 0.905 bits per heavy atom. The molecule has 0 aliphatic rings. The first-order chi connectivity index (χ1) is 19.3. The average molecular weight is 699 g/mol. The van der Waals surface area contributed by atoms with Gasteiger partial charge in [0.2, 0.25) is 0 Å². The second-order valence-electron chi connectivity index (χ2n) is 8.31. The van der Waals surface area contributed by atoms with Gasteiger partial charge in [0.15, 0.2) is 11.6 Å². The first kappa shape index (κ1) is 33.1. The minimum Gasteiger partial charge on any atom is -0.434 e. The molecule has 42 heavy (non-hydrogen) atoms. The van der Waals surface area contributed by atoms with Gasteiger partial charge in [-0.1, -0.05) is 33.6 Å². The van der Waals surface area contributed by atoms with Crippen molar-refractivity contribution in [2.24, 2.45) is 0 Å². The van der Waals surface area contributed by atoms with Crippen molar-refractivity contribution in [2.75, 3.05) is 5.32 Å². The third-order valence-corrected chi connectivity index (χ3v) is 6.63. The Hall–Kier alpha value is -3.40. The second kappa shape index (κ2) is 12.1. The Morgan fingerprint density at radius 2 is 1.52 bits per heavy atom. The van der Waals surface area contributed by atoms with E-state index in [2.05, 4.69) is 26.0 Å².